The predicted molar refractivity (Wildman–Crippen MR) is 91.2 cm³/mol. The maximum atomic E-state index is 13.7. The van der Waals surface area contributed by atoms with E-state index in [0.717, 1.165) is 26.4 Å². The maximum Gasteiger partial charge on any atom is 0.376 e. The van der Waals surface area contributed by atoms with Crippen molar-refractivity contribution in [1.29, 1.82) is 0 Å². The number of alkyl halides is 3. The Balaban J connectivity index is 4.13. The average molecular weight is 418 g/mol. The van der Waals surface area contributed by atoms with Gasteiger partial charge in [-0.15, -0.1) is 0 Å². The molecule has 0 rings (SSSR count). The van der Waals surface area contributed by atoms with Crippen molar-refractivity contribution in [2.75, 3.05) is 7.11 Å². The fourth-order valence-corrected chi connectivity index (χ4v) is 3.27. The molecule has 2 nitrogen and oxygen atoms in total. The van der Waals surface area contributed by atoms with E-state index in [1.807, 2.05) is 6.92 Å². The zero-order valence-corrected chi connectivity index (χ0v) is 15.7. The molecule has 0 aromatic carbocycles. The number of hydrogen-bond donors (Lipinski definition) is 0. The van der Waals surface area contributed by atoms with Crippen LogP contribution < -0.4 is 0 Å². The maximum absolute atomic E-state index is 13.7. The molecule has 21 heavy (non-hydrogen) atoms. The van der Waals surface area contributed by atoms with Gasteiger partial charge in [0.15, 0.2) is 0 Å². The summed E-state index contributed by atoms with van der Waals surface area (Å²) in [6, 6.07) is 0. The largest absolute Gasteiger partial charge is 0.465 e. The van der Waals surface area contributed by atoms with Gasteiger partial charge in [-0.3, -0.25) is 0 Å². The molecule has 5 heteroatoms. The van der Waals surface area contributed by atoms with Gasteiger partial charge in [0.1, 0.15) is 0 Å². The Hall–Kier alpha value is 0.0600. The highest BCUT2D eigenvalue weighted by molar-refractivity contribution is 14.1. The second kappa shape index (κ2) is 10.7. The fourth-order valence-electron chi connectivity index (χ4n) is 2.41. The smallest absolute Gasteiger partial charge is 0.376 e. The summed E-state index contributed by atoms with van der Waals surface area (Å²) in [6.07, 6.45) is 9.13. The van der Waals surface area contributed by atoms with Gasteiger partial charge in [0, 0.05) is 9.84 Å². The molecule has 0 spiro atoms. The van der Waals surface area contributed by atoms with Crippen LogP contribution in [0.2, 0.25) is 0 Å². The van der Waals surface area contributed by atoms with Crippen molar-refractivity contribution in [1.82, 2.24) is 0 Å². The lowest BCUT2D eigenvalue weighted by Gasteiger charge is -2.29. The molecule has 0 aliphatic heterocycles. The Morgan fingerprint density at radius 1 is 1.05 bits per heavy atom. The molecule has 0 N–H and O–H groups in total. The Bertz CT molecular complexity index is 298. The molecule has 0 bridgehead atoms. The molecule has 0 radical (unpaired) electrons. The molecule has 0 aliphatic carbocycles. The van der Waals surface area contributed by atoms with Gasteiger partial charge in [-0.1, -0.05) is 81.4 Å². The molecule has 0 fully saturated rings. The lowest BCUT2D eigenvalue weighted by atomic mass is 9.91. The summed E-state index contributed by atoms with van der Waals surface area (Å²) in [5, 5.41) is 0. The van der Waals surface area contributed by atoms with Gasteiger partial charge >= 0.3 is 11.9 Å². The van der Waals surface area contributed by atoms with Crippen LogP contribution in [-0.2, 0) is 9.53 Å². The highest BCUT2D eigenvalue weighted by Crippen LogP contribution is 2.40. The molecule has 0 aliphatic rings. The lowest BCUT2D eigenvalue weighted by Crippen LogP contribution is -2.38. The van der Waals surface area contributed by atoms with Crippen molar-refractivity contribution >= 4 is 28.6 Å². The number of esters is 1. The predicted octanol–water partition coefficient (Wildman–Crippen LogP) is 5.91. The third-order valence-electron chi connectivity index (χ3n) is 3.88. The SMILES string of the molecule is CCCCCCCCCC(I)(CC)CC(F)(F)C(=O)OC. The molecule has 0 aromatic heterocycles. The summed E-state index contributed by atoms with van der Waals surface area (Å²) in [5.74, 6) is -4.80. The zero-order chi connectivity index (χ0) is 16.4. The summed E-state index contributed by atoms with van der Waals surface area (Å²) < 4.78 is 31.1. The topological polar surface area (TPSA) is 26.3 Å². The van der Waals surface area contributed by atoms with Gasteiger partial charge < -0.3 is 4.74 Å². The monoisotopic (exact) mass is 418 g/mol. The highest BCUT2D eigenvalue weighted by Gasteiger charge is 2.46. The molecular weight excluding hydrogens is 389 g/mol. The van der Waals surface area contributed by atoms with E-state index in [2.05, 4.69) is 34.3 Å². The molecule has 1 atom stereocenters. The summed E-state index contributed by atoms with van der Waals surface area (Å²) in [5.41, 5.74) is 0. The number of unbranched alkanes of at least 4 members (excludes halogenated alkanes) is 6. The molecule has 0 aromatic rings. The van der Waals surface area contributed by atoms with E-state index < -0.39 is 21.7 Å². The normalized spacial score (nSPS) is 14.8. The summed E-state index contributed by atoms with van der Waals surface area (Å²) in [4.78, 5) is 11.1. The zero-order valence-electron chi connectivity index (χ0n) is 13.5. The Morgan fingerprint density at radius 3 is 2.05 bits per heavy atom. The van der Waals surface area contributed by atoms with Crippen LogP contribution in [0.1, 0.15) is 78.1 Å². The number of carbonyl (C=O) groups excluding carboxylic acids is 1. The number of hydrogen-bond acceptors (Lipinski definition) is 2. The standard InChI is InChI=1S/C16H29F2IO2/c1-4-6-7-8-9-10-11-12-15(19,5-2)13-16(17,18)14(20)21-3/h4-13H2,1-3H3. The minimum Gasteiger partial charge on any atom is -0.465 e. The van der Waals surface area contributed by atoms with E-state index in [0.29, 0.717) is 6.42 Å². The lowest BCUT2D eigenvalue weighted by molar-refractivity contribution is -0.170. The van der Waals surface area contributed by atoms with Crippen LogP contribution in [0.15, 0.2) is 0 Å². The minimum absolute atomic E-state index is 0.431. The number of carbonyl (C=O) groups is 1. The third kappa shape index (κ3) is 8.94. The van der Waals surface area contributed by atoms with Gasteiger partial charge in [-0.05, 0) is 12.8 Å². The van der Waals surface area contributed by atoms with Crippen molar-refractivity contribution in [3.63, 3.8) is 0 Å². The second-order valence-electron chi connectivity index (χ2n) is 5.75. The van der Waals surface area contributed by atoms with Crippen molar-refractivity contribution in [3.05, 3.63) is 0 Å². The van der Waals surface area contributed by atoms with Crippen LogP contribution in [0.5, 0.6) is 0 Å². The number of halogens is 3. The van der Waals surface area contributed by atoms with Crippen LogP contribution in [0.25, 0.3) is 0 Å². The van der Waals surface area contributed by atoms with E-state index in [1.54, 1.807) is 0 Å². The molecule has 0 saturated carbocycles. The first kappa shape index (κ1) is 21.1. The van der Waals surface area contributed by atoms with Gasteiger partial charge in [-0.25, -0.2) is 4.79 Å². The molecular formula is C16H29F2IO2. The molecule has 0 heterocycles. The number of ether oxygens (including phenoxy) is 1. The van der Waals surface area contributed by atoms with Crippen molar-refractivity contribution < 1.29 is 18.3 Å². The highest BCUT2D eigenvalue weighted by atomic mass is 127. The van der Waals surface area contributed by atoms with E-state index >= 15 is 0 Å². The molecule has 126 valence electrons. The molecule has 0 saturated heterocycles. The minimum atomic E-state index is -3.38. The molecule has 1 unspecified atom stereocenters. The van der Waals surface area contributed by atoms with E-state index in [4.69, 9.17) is 0 Å². The second-order valence-corrected chi connectivity index (χ2v) is 8.04. The van der Waals surface area contributed by atoms with Crippen LogP contribution in [0.3, 0.4) is 0 Å². The van der Waals surface area contributed by atoms with Crippen LogP contribution >= 0.6 is 22.6 Å². The summed E-state index contributed by atoms with van der Waals surface area (Å²) in [7, 11) is 1.01. The quantitative estimate of drug-likeness (QED) is 0.171. The van der Waals surface area contributed by atoms with Gasteiger partial charge in [0.05, 0.1) is 7.11 Å². The first-order valence-electron chi connectivity index (χ1n) is 7.96. The van der Waals surface area contributed by atoms with E-state index in [-0.39, 0.29) is 0 Å². The molecule has 0 amide bonds. The van der Waals surface area contributed by atoms with Crippen molar-refractivity contribution in [3.8, 4) is 0 Å². The number of rotatable bonds is 12. The van der Waals surface area contributed by atoms with E-state index in [1.165, 1.54) is 32.1 Å². The average Bonchev–Trinajstić information content (AvgIpc) is 2.44. The fraction of sp³-hybridized carbons (Fsp3) is 0.938. The van der Waals surface area contributed by atoms with Crippen LogP contribution in [-0.4, -0.2) is 22.4 Å². The summed E-state index contributed by atoms with van der Waals surface area (Å²) in [6.45, 7) is 4.09. The van der Waals surface area contributed by atoms with E-state index in [9.17, 15) is 13.6 Å². The van der Waals surface area contributed by atoms with Crippen LogP contribution in [0, 0.1) is 0 Å². The van der Waals surface area contributed by atoms with Crippen molar-refractivity contribution in [2.24, 2.45) is 0 Å². The Morgan fingerprint density at radius 2 is 1.57 bits per heavy atom. The Kier molecular flexibility index (Phi) is 10.8. The van der Waals surface area contributed by atoms with Crippen molar-refractivity contribution in [2.45, 2.75) is 87.4 Å². The first-order valence-corrected chi connectivity index (χ1v) is 9.04. The van der Waals surface area contributed by atoms with Crippen LogP contribution in [0.4, 0.5) is 8.78 Å². The summed E-state index contributed by atoms with van der Waals surface area (Å²) >= 11 is 2.10. The van der Waals surface area contributed by atoms with Gasteiger partial charge in [0.2, 0.25) is 0 Å². The van der Waals surface area contributed by atoms with Gasteiger partial charge in [-0.2, -0.15) is 8.78 Å². The first-order chi connectivity index (χ1) is 9.81. The van der Waals surface area contributed by atoms with Gasteiger partial charge in [0.25, 0.3) is 0 Å². The number of methoxy groups -OCH3 is 1. The Labute approximate surface area is 141 Å². The third-order valence-corrected chi connectivity index (χ3v) is 5.57.